The fourth-order valence-electron chi connectivity index (χ4n) is 1.73. The molecule has 8 heteroatoms. The van der Waals surface area contributed by atoms with Crippen molar-refractivity contribution in [3.63, 3.8) is 0 Å². The summed E-state index contributed by atoms with van der Waals surface area (Å²) in [4.78, 5) is 10.6. The normalized spacial score (nSPS) is 10.8. The molecule has 0 aliphatic carbocycles. The maximum atomic E-state index is 13.2. The minimum atomic E-state index is -0.981. The first-order valence-electron chi connectivity index (χ1n) is 5.69. The molecule has 20 heavy (non-hydrogen) atoms. The van der Waals surface area contributed by atoms with E-state index in [2.05, 4.69) is 10.2 Å². The smallest absolute Gasteiger partial charge is 0.313 e. The lowest BCUT2D eigenvalue weighted by atomic mass is 10.2. The number of carboxylic acids is 1. The highest BCUT2D eigenvalue weighted by Gasteiger charge is 2.16. The third kappa shape index (κ3) is 2.97. The van der Waals surface area contributed by atoms with Crippen molar-refractivity contribution in [2.24, 2.45) is 0 Å². The van der Waals surface area contributed by atoms with Crippen molar-refractivity contribution in [1.29, 1.82) is 0 Å². The lowest BCUT2D eigenvalue weighted by Gasteiger charge is -2.11. The van der Waals surface area contributed by atoms with E-state index in [9.17, 15) is 14.3 Å². The van der Waals surface area contributed by atoms with E-state index < -0.39 is 5.97 Å². The van der Waals surface area contributed by atoms with Crippen LogP contribution in [0, 0.1) is 12.7 Å². The summed E-state index contributed by atoms with van der Waals surface area (Å²) < 4.78 is 14.7. The standard InChI is InChI=1S/C12H12FN3O3S/c1-7-4-8(13)2-3-9(7)16-10(5-17)14-15-12(16)20-6-11(18)19/h2-4,17H,5-6H2,1H3,(H,18,19). The number of benzene rings is 1. The van der Waals surface area contributed by atoms with Crippen LogP contribution in [-0.4, -0.2) is 36.7 Å². The lowest BCUT2D eigenvalue weighted by Crippen LogP contribution is -2.06. The number of aliphatic hydroxyl groups is 1. The Labute approximate surface area is 118 Å². The number of hydrogen-bond acceptors (Lipinski definition) is 5. The number of thioether (sulfide) groups is 1. The molecule has 106 valence electrons. The zero-order chi connectivity index (χ0) is 14.7. The first kappa shape index (κ1) is 14.5. The van der Waals surface area contributed by atoms with E-state index in [1.807, 2.05) is 0 Å². The zero-order valence-electron chi connectivity index (χ0n) is 10.6. The van der Waals surface area contributed by atoms with Crippen LogP contribution in [0.25, 0.3) is 5.69 Å². The largest absolute Gasteiger partial charge is 0.481 e. The minimum Gasteiger partial charge on any atom is -0.481 e. The van der Waals surface area contributed by atoms with Gasteiger partial charge in [0.1, 0.15) is 12.4 Å². The number of aromatic nitrogens is 3. The van der Waals surface area contributed by atoms with E-state index in [0.29, 0.717) is 16.4 Å². The van der Waals surface area contributed by atoms with Gasteiger partial charge in [0.05, 0.1) is 11.4 Å². The van der Waals surface area contributed by atoms with Gasteiger partial charge in [-0.05, 0) is 30.7 Å². The van der Waals surface area contributed by atoms with Crippen molar-refractivity contribution in [3.05, 3.63) is 35.4 Å². The van der Waals surface area contributed by atoms with Crippen molar-refractivity contribution in [2.75, 3.05) is 5.75 Å². The SMILES string of the molecule is Cc1cc(F)ccc1-n1c(CO)nnc1SCC(=O)O. The second-order valence-electron chi connectivity index (χ2n) is 4.01. The average Bonchev–Trinajstić information content (AvgIpc) is 2.79. The fraction of sp³-hybridized carbons (Fsp3) is 0.250. The second kappa shape index (κ2) is 6.02. The molecule has 0 unspecified atom stereocenters. The van der Waals surface area contributed by atoms with Gasteiger partial charge in [0, 0.05) is 0 Å². The molecule has 0 amide bonds. The molecule has 6 nitrogen and oxygen atoms in total. The third-order valence-corrected chi connectivity index (χ3v) is 3.48. The number of aliphatic hydroxyl groups excluding tert-OH is 1. The molecule has 0 bridgehead atoms. The Morgan fingerprint density at radius 2 is 2.20 bits per heavy atom. The number of nitrogens with zero attached hydrogens (tertiary/aromatic N) is 3. The highest BCUT2D eigenvalue weighted by Crippen LogP contribution is 2.24. The molecule has 0 aliphatic rings. The molecule has 1 aromatic heterocycles. The Balaban J connectivity index is 2.47. The van der Waals surface area contributed by atoms with Crippen LogP contribution in [0.5, 0.6) is 0 Å². The van der Waals surface area contributed by atoms with Gasteiger partial charge in [-0.1, -0.05) is 11.8 Å². The summed E-state index contributed by atoms with van der Waals surface area (Å²) in [5.41, 5.74) is 1.24. The Morgan fingerprint density at radius 3 is 2.80 bits per heavy atom. The molecule has 2 aromatic rings. The molecule has 1 heterocycles. The van der Waals surface area contributed by atoms with Gasteiger partial charge in [-0.25, -0.2) is 4.39 Å². The molecule has 0 saturated heterocycles. The van der Waals surface area contributed by atoms with E-state index in [0.717, 1.165) is 11.8 Å². The maximum Gasteiger partial charge on any atom is 0.313 e. The van der Waals surface area contributed by atoms with E-state index in [-0.39, 0.29) is 24.0 Å². The van der Waals surface area contributed by atoms with Crippen molar-refractivity contribution in [1.82, 2.24) is 14.8 Å². The number of carbonyl (C=O) groups is 1. The maximum absolute atomic E-state index is 13.2. The van der Waals surface area contributed by atoms with Crippen LogP contribution in [0.15, 0.2) is 23.4 Å². The summed E-state index contributed by atoms with van der Waals surface area (Å²) in [6.07, 6.45) is 0. The summed E-state index contributed by atoms with van der Waals surface area (Å²) in [7, 11) is 0. The summed E-state index contributed by atoms with van der Waals surface area (Å²) in [6, 6.07) is 4.18. The monoisotopic (exact) mass is 297 g/mol. The highest BCUT2D eigenvalue weighted by molar-refractivity contribution is 7.99. The van der Waals surface area contributed by atoms with Crippen LogP contribution in [0.2, 0.25) is 0 Å². The average molecular weight is 297 g/mol. The van der Waals surface area contributed by atoms with Crippen LogP contribution >= 0.6 is 11.8 Å². The molecule has 0 saturated carbocycles. The van der Waals surface area contributed by atoms with Gasteiger partial charge in [0.15, 0.2) is 11.0 Å². The summed E-state index contributed by atoms with van der Waals surface area (Å²) in [5, 5.41) is 26.0. The number of aryl methyl sites for hydroxylation is 1. The quantitative estimate of drug-likeness (QED) is 0.811. The first-order valence-corrected chi connectivity index (χ1v) is 6.67. The van der Waals surface area contributed by atoms with Gasteiger partial charge in [0.25, 0.3) is 0 Å². The Bertz CT molecular complexity index is 645. The van der Waals surface area contributed by atoms with Crippen LogP contribution in [-0.2, 0) is 11.4 Å². The lowest BCUT2D eigenvalue weighted by molar-refractivity contribution is -0.133. The molecule has 2 N–H and O–H groups in total. The van der Waals surface area contributed by atoms with E-state index in [4.69, 9.17) is 5.11 Å². The molecular formula is C12H12FN3O3S. The fourth-order valence-corrected chi connectivity index (χ4v) is 2.42. The first-order chi connectivity index (χ1) is 9.52. The highest BCUT2D eigenvalue weighted by atomic mass is 32.2. The third-order valence-electron chi connectivity index (χ3n) is 2.57. The molecule has 1 aromatic carbocycles. The number of halogens is 1. The van der Waals surface area contributed by atoms with Crippen molar-refractivity contribution in [3.8, 4) is 5.69 Å². The number of aliphatic carboxylic acids is 1. The van der Waals surface area contributed by atoms with Crippen LogP contribution in [0.4, 0.5) is 4.39 Å². The Kier molecular flexibility index (Phi) is 4.35. The second-order valence-corrected chi connectivity index (χ2v) is 4.95. The van der Waals surface area contributed by atoms with Crippen LogP contribution < -0.4 is 0 Å². The predicted molar refractivity (Wildman–Crippen MR) is 70.3 cm³/mol. The minimum absolute atomic E-state index is 0.177. The number of hydrogen-bond donors (Lipinski definition) is 2. The van der Waals surface area contributed by atoms with Gasteiger partial charge in [-0.3, -0.25) is 9.36 Å². The molecule has 0 fully saturated rings. The van der Waals surface area contributed by atoms with E-state index in [1.54, 1.807) is 6.92 Å². The molecule has 0 spiro atoms. The van der Waals surface area contributed by atoms with Gasteiger partial charge >= 0.3 is 5.97 Å². The van der Waals surface area contributed by atoms with E-state index in [1.165, 1.54) is 22.8 Å². The molecule has 0 atom stereocenters. The van der Waals surface area contributed by atoms with Crippen molar-refractivity contribution >= 4 is 17.7 Å². The number of carboxylic acid groups (broad SMARTS) is 1. The van der Waals surface area contributed by atoms with Gasteiger partial charge in [-0.2, -0.15) is 0 Å². The van der Waals surface area contributed by atoms with Crippen molar-refractivity contribution < 1.29 is 19.4 Å². The Morgan fingerprint density at radius 1 is 1.45 bits per heavy atom. The summed E-state index contributed by atoms with van der Waals surface area (Å²) in [5.74, 6) is -1.26. The molecule has 0 radical (unpaired) electrons. The molecule has 2 rings (SSSR count). The van der Waals surface area contributed by atoms with Gasteiger partial charge < -0.3 is 10.2 Å². The predicted octanol–water partition coefficient (Wildman–Crippen LogP) is 1.38. The topological polar surface area (TPSA) is 88.2 Å². The number of rotatable bonds is 5. The van der Waals surface area contributed by atoms with Gasteiger partial charge in [-0.15, -0.1) is 10.2 Å². The van der Waals surface area contributed by atoms with Crippen LogP contribution in [0.3, 0.4) is 0 Å². The Hall–Kier alpha value is -1.93. The summed E-state index contributed by atoms with van der Waals surface area (Å²) >= 11 is 0.984. The zero-order valence-corrected chi connectivity index (χ0v) is 11.4. The van der Waals surface area contributed by atoms with E-state index >= 15 is 0 Å². The van der Waals surface area contributed by atoms with Gasteiger partial charge in [0.2, 0.25) is 0 Å². The van der Waals surface area contributed by atoms with Crippen LogP contribution in [0.1, 0.15) is 11.4 Å². The molecular weight excluding hydrogens is 285 g/mol. The molecule has 0 aliphatic heterocycles. The summed E-state index contributed by atoms with van der Waals surface area (Å²) in [6.45, 7) is 1.36. The van der Waals surface area contributed by atoms with Crippen molar-refractivity contribution in [2.45, 2.75) is 18.7 Å².